The van der Waals surface area contributed by atoms with Crippen molar-refractivity contribution < 1.29 is 13.6 Å². The van der Waals surface area contributed by atoms with Gasteiger partial charge in [0.2, 0.25) is 5.91 Å². The molecule has 2 aromatic rings. The Morgan fingerprint density at radius 3 is 2.15 bits per heavy atom. The van der Waals surface area contributed by atoms with Crippen LogP contribution >= 0.6 is 15.9 Å². The third-order valence-corrected chi connectivity index (χ3v) is 3.26. The Balaban J connectivity index is 2.37. The fraction of sp³-hybridized carbons (Fsp3) is 0.0714. The molecule has 0 aliphatic rings. The maximum atomic E-state index is 13.7. The fourth-order valence-electron chi connectivity index (χ4n) is 1.78. The fourth-order valence-corrected chi connectivity index (χ4v) is 2.05. The third-order valence-electron chi connectivity index (χ3n) is 2.73. The molecule has 0 fully saturated rings. The summed E-state index contributed by atoms with van der Waals surface area (Å²) in [6.07, 6.45) is 0. The monoisotopic (exact) mass is 340 g/mol. The number of primary amides is 1. The molecule has 1 amide bonds. The van der Waals surface area contributed by atoms with Crippen LogP contribution in [0.5, 0.6) is 0 Å². The van der Waals surface area contributed by atoms with Gasteiger partial charge < -0.3 is 11.1 Å². The van der Waals surface area contributed by atoms with E-state index in [1.165, 1.54) is 6.07 Å². The summed E-state index contributed by atoms with van der Waals surface area (Å²) in [4.78, 5) is 11.5. The second-order valence-electron chi connectivity index (χ2n) is 4.12. The van der Waals surface area contributed by atoms with Crippen molar-refractivity contribution in [3.05, 3.63) is 64.1 Å². The van der Waals surface area contributed by atoms with Gasteiger partial charge in [-0.25, -0.2) is 8.78 Å². The standard InChI is InChI=1S/C14H11BrF2N2O/c15-8-4-6-9(7-5-8)19-13(14(18)20)12-10(16)2-1-3-11(12)17/h1-7,13,19H,(H2,18,20). The molecule has 0 saturated carbocycles. The van der Waals surface area contributed by atoms with Crippen molar-refractivity contribution >= 4 is 27.5 Å². The molecule has 3 nitrogen and oxygen atoms in total. The first-order chi connectivity index (χ1) is 9.49. The minimum atomic E-state index is -1.28. The number of carbonyl (C=O) groups is 1. The molecule has 2 aromatic carbocycles. The lowest BCUT2D eigenvalue weighted by Crippen LogP contribution is -2.29. The van der Waals surface area contributed by atoms with Crippen molar-refractivity contribution in [1.29, 1.82) is 0 Å². The zero-order valence-electron chi connectivity index (χ0n) is 10.2. The van der Waals surface area contributed by atoms with E-state index < -0.39 is 23.6 Å². The number of carbonyl (C=O) groups excluding carboxylic acids is 1. The molecule has 1 unspecified atom stereocenters. The third kappa shape index (κ3) is 3.14. The topological polar surface area (TPSA) is 55.1 Å². The number of halogens is 3. The van der Waals surface area contributed by atoms with Crippen molar-refractivity contribution in [1.82, 2.24) is 0 Å². The average molecular weight is 341 g/mol. The van der Waals surface area contributed by atoms with Gasteiger partial charge in [-0.3, -0.25) is 4.79 Å². The molecule has 3 N–H and O–H groups in total. The Morgan fingerprint density at radius 2 is 1.65 bits per heavy atom. The van der Waals surface area contributed by atoms with Crippen LogP contribution in [0, 0.1) is 11.6 Å². The lowest BCUT2D eigenvalue weighted by molar-refractivity contribution is -0.119. The first kappa shape index (κ1) is 14.5. The molecule has 0 saturated heterocycles. The Bertz CT molecular complexity index is 611. The molecule has 0 spiro atoms. The summed E-state index contributed by atoms with van der Waals surface area (Å²) in [5, 5.41) is 2.73. The van der Waals surface area contributed by atoms with Crippen molar-refractivity contribution in [3.63, 3.8) is 0 Å². The van der Waals surface area contributed by atoms with Crippen LogP contribution in [-0.2, 0) is 4.79 Å². The van der Waals surface area contributed by atoms with Crippen LogP contribution in [0.25, 0.3) is 0 Å². The number of anilines is 1. The highest BCUT2D eigenvalue weighted by atomic mass is 79.9. The van der Waals surface area contributed by atoms with E-state index in [1.807, 2.05) is 0 Å². The predicted molar refractivity (Wildman–Crippen MR) is 76.1 cm³/mol. The van der Waals surface area contributed by atoms with E-state index in [9.17, 15) is 13.6 Å². The van der Waals surface area contributed by atoms with Gasteiger partial charge in [-0.1, -0.05) is 22.0 Å². The van der Waals surface area contributed by atoms with Crippen LogP contribution in [0.15, 0.2) is 46.9 Å². The summed E-state index contributed by atoms with van der Waals surface area (Å²) < 4.78 is 28.3. The molecule has 104 valence electrons. The lowest BCUT2D eigenvalue weighted by atomic mass is 10.0. The smallest absolute Gasteiger partial charge is 0.244 e. The van der Waals surface area contributed by atoms with E-state index in [0.717, 1.165) is 16.6 Å². The highest BCUT2D eigenvalue weighted by Gasteiger charge is 2.24. The zero-order valence-corrected chi connectivity index (χ0v) is 11.8. The van der Waals surface area contributed by atoms with Gasteiger partial charge >= 0.3 is 0 Å². The summed E-state index contributed by atoms with van der Waals surface area (Å²) >= 11 is 3.27. The molecule has 0 bridgehead atoms. The summed E-state index contributed by atoms with van der Waals surface area (Å²) in [7, 11) is 0. The molecule has 0 aliphatic heterocycles. The van der Waals surface area contributed by atoms with Gasteiger partial charge in [0.15, 0.2) is 0 Å². The van der Waals surface area contributed by atoms with Crippen LogP contribution in [0.4, 0.5) is 14.5 Å². The first-order valence-electron chi connectivity index (χ1n) is 5.74. The van der Waals surface area contributed by atoms with Crippen LogP contribution in [0.1, 0.15) is 11.6 Å². The molecule has 0 aromatic heterocycles. The number of hydrogen-bond acceptors (Lipinski definition) is 2. The molecule has 20 heavy (non-hydrogen) atoms. The average Bonchev–Trinajstić information content (AvgIpc) is 2.39. The maximum absolute atomic E-state index is 13.7. The van der Waals surface area contributed by atoms with Crippen LogP contribution < -0.4 is 11.1 Å². The van der Waals surface area contributed by atoms with Crippen molar-refractivity contribution in [2.75, 3.05) is 5.32 Å². The van der Waals surface area contributed by atoms with E-state index in [0.29, 0.717) is 5.69 Å². The minimum Gasteiger partial charge on any atom is -0.370 e. The molecule has 0 radical (unpaired) electrons. The number of hydrogen-bond donors (Lipinski definition) is 2. The normalized spacial score (nSPS) is 11.9. The largest absolute Gasteiger partial charge is 0.370 e. The number of rotatable bonds is 4. The van der Waals surface area contributed by atoms with Crippen molar-refractivity contribution in [2.24, 2.45) is 5.73 Å². The second kappa shape index (κ2) is 6.00. The van der Waals surface area contributed by atoms with Crippen LogP contribution in [0.2, 0.25) is 0 Å². The highest BCUT2D eigenvalue weighted by Crippen LogP contribution is 2.25. The van der Waals surface area contributed by atoms with Gasteiger partial charge in [0, 0.05) is 10.2 Å². The van der Waals surface area contributed by atoms with Crippen molar-refractivity contribution in [2.45, 2.75) is 6.04 Å². The van der Waals surface area contributed by atoms with E-state index in [1.54, 1.807) is 24.3 Å². The lowest BCUT2D eigenvalue weighted by Gasteiger charge is -2.18. The van der Waals surface area contributed by atoms with Crippen molar-refractivity contribution in [3.8, 4) is 0 Å². The molecule has 1 atom stereocenters. The molecule has 6 heteroatoms. The number of amides is 1. The van der Waals surface area contributed by atoms with Gasteiger partial charge in [0.1, 0.15) is 17.7 Å². The Morgan fingerprint density at radius 1 is 1.10 bits per heavy atom. The molecule has 0 heterocycles. The molecule has 0 aliphatic carbocycles. The Labute approximate surface area is 122 Å². The predicted octanol–water partition coefficient (Wildman–Crippen LogP) is 3.37. The van der Waals surface area contributed by atoms with Gasteiger partial charge in [-0.15, -0.1) is 0 Å². The number of nitrogens with two attached hydrogens (primary N) is 1. The van der Waals surface area contributed by atoms with E-state index in [4.69, 9.17) is 5.73 Å². The van der Waals surface area contributed by atoms with Gasteiger partial charge in [0.25, 0.3) is 0 Å². The SMILES string of the molecule is NC(=O)C(Nc1ccc(Br)cc1)c1c(F)cccc1F. The first-order valence-corrected chi connectivity index (χ1v) is 6.53. The Kier molecular flexibility index (Phi) is 4.34. The van der Waals surface area contributed by atoms with E-state index in [-0.39, 0.29) is 5.56 Å². The molecular weight excluding hydrogens is 330 g/mol. The van der Waals surface area contributed by atoms with Gasteiger partial charge in [-0.05, 0) is 36.4 Å². The van der Waals surface area contributed by atoms with Gasteiger partial charge in [-0.2, -0.15) is 0 Å². The number of nitrogens with one attached hydrogen (secondary N) is 1. The Hall–Kier alpha value is -1.95. The number of benzene rings is 2. The highest BCUT2D eigenvalue weighted by molar-refractivity contribution is 9.10. The van der Waals surface area contributed by atoms with E-state index >= 15 is 0 Å². The summed E-state index contributed by atoms with van der Waals surface area (Å²) in [6, 6.07) is 8.91. The van der Waals surface area contributed by atoms with E-state index in [2.05, 4.69) is 21.2 Å². The van der Waals surface area contributed by atoms with Gasteiger partial charge in [0.05, 0.1) is 5.56 Å². The van der Waals surface area contributed by atoms with Crippen LogP contribution in [-0.4, -0.2) is 5.91 Å². The molecule has 2 rings (SSSR count). The molecular formula is C14H11BrF2N2O. The summed E-state index contributed by atoms with van der Waals surface area (Å²) in [6.45, 7) is 0. The minimum absolute atomic E-state index is 0.386. The maximum Gasteiger partial charge on any atom is 0.244 e. The quantitative estimate of drug-likeness (QED) is 0.896. The van der Waals surface area contributed by atoms with Crippen LogP contribution in [0.3, 0.4) is 0 Å². The zero-order chi connectivity index (χ0) is 14.7. The summed E-state index contributed by atoms with van der Waals surface area (Å²) in [5.41, 5.74) is 5.38. The summed E-state index contributed by atoms with van der Waals surface area (Å²) in [5.74, 6) is -2.51. The second-order valence-corrected chi connectivity index (χ2v) is 5.04.